The summed E-state index contributed by atoms with van der Waals surface area (Å²) in [5, 5.41) is 11.3. The summed E-state index contributed by atoms with van der Waals surface area (Å²) >= 11 is 0. The van der Waals surface area contributed by atoms with Crippen LogP contribution in [-0.2, 0) is 4.79 Å². The van der Waals surface area contributed by atoms with Gasteiger partial charge in [-0.2, -0.15) is 5.26 Å². The number of carbonyl (C=O) groups excluding carboxylic acids is 1. The number of carbonyl (C=O) groups is 1. The van der Waals surface area contributed by atoms with Crippen LogP contribution in [0.25, 0.3) is 0 Å². The molecule has 0 spiro atoms. The zero-order valence-electron chi connectivity index (χ0n) is 7.79. The highest BCUT2D eigenvalue weighted by Crippen LogP contribution is 2.11. The topological polar surface area (TPSA) is 52.9 Å². The number of nitrogens with zero attached hydrogens (tertiary/aromatic N) is 1. The van der Waals surface area contributed by atoms with Crippen molar-refractivity contribution in [2.24, 2.45) is 0 Å². The van der Waals surface area contributed by atoms with Crippen molar-refractivity contribution in [3.63, 3.8) is 0 Å². The molecule has 1 aliphatic carbocycles. The Kier molecular flexibility index (Phi) is 2.52. The quantitative estimate of drug-likeness (QED) is 0.689. The maximum Gasteiger partial charge on any atom is 0.248 e. The highest BCUT2D eigenvalue weighted by atomic mass is 16.1. The molecule has 0 fully saturated rings. The molecule has 3 nitrogen and oxygen atoms in total. The molecule has 0 aliphatic heterocycles. The largest absolute Gasteiger partial charge is 0.334 e. The Morgan fingerprint density at radius 1 is 1.69 bits per heavy atom. The van der Waals surface area contributed by atoms with E-state index in [1.54, 1.807) is 19.9 Å². The van der Waals surface area contributed by atoms with Crippen molar-refractivity contribution in [3.05, 3.63) is 23.8 Å². The Labute approximate surface area is 77.7 Å². The molecule has 0 aromatic rings. The summed E-state index contributed by atoms with van der Waals surface area (Å²) in [5.41, 5.74) is -0.0797. The number of rotatable bonds is 2. The predicted molar refractivity (Wildman–Crippen MR) is 49.7 cm³/mol. The van der Waals surface area contributed by atoms with Gasteiger partial charge in [0, 0.05) is 5.57 Å². The van der Waals surface area contributed by atoms with Gasteiger partial charge in [0.05, 0.1) is 6.07 Å². The minimum absolute atomic E-state index is 0.156. The number of nitriles is 1. The summed E-state index contributed by atoms with van der Waals surface area (Å²) in [7, 11) is 0. The van der Waals surface area contributed by atoms with Crippen LogP contribution in [0.3, 0.4) is 0 Å². The van der Waals surface area contributed by atoms with Crippen molar-refractivity contribution in [1.82, 2.24) is 5.32 Å². The second kappa shape index (κ2) is 3.44. The monoisotopic (exact) mass is 176 g/mol. The Balaban J connectivity index is 2.57. The summed E-state index contributed by atoms with van der Waals surface area (Å²) < 4.78 is 0. The van der Waals surface area contributed by atoms with Gasteiger partial charge in [-0.25, -0.2) is 0 Å². The maximum absolute atomic E-state index is 11.4. The number of nitrogens with one attached hydrogen (secondary N) is 1. The Morgan fingerprint density at radius 2 is 2.38 bits per heavy atom. The Hall–Kier alpha value is -1.56. The van der Waals surface area contributed by atoms with Crippen LogP contribution in [0.5, 0.6) is 0 Å². The third kappa shape index (κ3) is 2.45. The van der Waals surface area contributed by atoms with Crippen molar-refractivity contribution in [2.45, 2.75) is 25.8 Å². The normalized spacial score (nSPS) is 15.0. The van der Waals surface area contributed by atoms with Gasteiger partial charge in [0.1, 0.15) is 5.54 Å². The van der Waals surface area contributed by atoms with Crippen LogP contribution in [0.4, 0.5) is 0 Å². The molecule has 1 N–H and O–H groups in total. The standard InChI is InChI=1S/C10H12N2O/c1-10(2,7-11)12-9(13)8-5-3-4-6-8/h3-5H,6H2,1-2H3,(H,12,13). The van der Waals surface area contributed by atoms with E-state index in [2.05, 4.69) is 5.32 Å². The summed E-state index contributed by atoms with van der Waals surface area (Å²) in [6, 6.07) is 2.02. The average molecular weight is 176 g/mol. The molecule has 0 radical (unpaired) electrons. The van der Waals surface area contributed by atoms with Crippen molar-refractivity contribution >= 4 is 5.91 Å². The minimum atomic E-state index is -0.791. The van der Waals surface area contributed by atoms with E-state index in [0.29, 0.717) is 12.0 Å². The minimum Gasteiger partial charge on any atom is -0.334 e. The van der Waals surface area contributed by atoms with Gasteiger partial charge in [-0.1, -0.05) is 18.2 Å². The van der Waals surface area contributed by atoms with Crippen LogP contribution >= 0.6 is 0 Å². The van der Waals surface area contributed by atoms with E-state index in [-0.39, 0.29) is 5.91 Å². The number of hydrogen-bond donors (Lipinski definition) is 1. The van der Waals surface area contributed by atoms with E-state index < -0.39 is 5.54 Å². The smallest absolute Gasteiger partial charge is 0.248 e. The van der Waals surface area contributed by atoms with E-state index in [1.807, 2.05) is 18.2 Å². The second-order valence-electron chi connectivity index (χ2n) is 3.52. The summed E-state index contributed by atoms with van der Waals surface area (Å²) in [5.74, 6) is -0.156. The van der Waals surface area contributed by atoms with E-state index >= 15 is 0 Å². The summed E-state index contributed by atoms with van der Waals surface area (Å²) in [6.07, 6.45) is 6.18. The lowest BCUT2D eigenvalue weighted by Gasteiger charge is -2.17. The fourth-order valence-electron chi connectivity index (χ4n) is 1.01. The van der Waals surface area contributed by atoms with Gasteiger partial charge < -0.3 is 5.32 Å². The number of allylic oxidation sites excluding steroid dienone is 3. The average Bonchev–Trinajstić information content (AvgIpc) is 2.55. The van der Waals surface area contributed by atoms with Gasteiger partial charge in [-0.3, -0.25) is 4.79 Å². The van der Waals surface area contributed by atoms with Crippen molar-refractivity contribution < 1.29 is 4.79 Å². The fraction of sp³-hybridized carbons (Fsp3) is 0.400. The van der Waals surface area contributed by atoms with Crippen molar-refractivity contribution in [3.8, 4) is 6.07 Å². The van der Waals surface area contributed by atoms with Crippen LogP contribution in [0, 0.1) is 11.3 Å². The molecule has 0 unspecified atom stereocenters. The molecule has 0 aromatic heterocycles. The molecule has 0 atom stereocenters. The van der Waals surface area contributed by atoms with E-state index in [4.69, 9.17) is 5.26 Å². The van der Waals surface area contributed by atoms with Gasteiger partial charge in [0.15, 0.2) is 0 Å². The van der Waals surface area contributed by atoms with Gasteiger partial charge in [-0.05, 0) is 20.3 Å². The molecule has 0 bridgehead atoms. The zero-order chi connectivity index (χ0) is 9.90. The maximum atomic E-state index is 11.4. The molecule has 0 saturated carbocycles. The third-order valence-corrected chi connectivity index (χ3v) is 1.77. The van der Waals surface area contributed by atoms with E-state index in [9.17, 15) is 4.79 Å². The molecule has 1 amide bonds. The van der Waals surface area contributed by atoms with Crippen molar-refractivity contribution in [1.29, 1.82) is 5.26 Å². The van der Waals surface area contributed by atoms with E-state index in [1.165, 1.54) is 0 Å². The SMILES string of the molecule is CC(C)(C#N)NC(=O)C1=CC=CC1. The molecule has 1 rings (SSSR count). The first-order valence-electron chi connectivity index (χ1n) is 4.14. The number of hydrogen-bond acceptors (Lipinski definition) is 2. The van der Waals surface area contributed by atoms with Crippen molar-refractivity contribution in [2.75, 3.05) is 0 Å². The second-order valence-corrected chi connectivity index (χ2v) is 3.52. The molecule has 13 heavy (non-hydrogen) atoms. The predicted octanol–water partition coefficient (Wildman–Crippen LogP) is 1.29. The molecule has 3 heteroatoms. The van der Waals surface area contributed by atoms with Gasteiger partial charge >= 0.3 is 0 Å². The fourth-order valence-corrected chi connectivity index (χ4v) is 1.01. The van der Waals surface area contributed by atoms with Gasteiger partial charge in [-0.15, -0.1) is 0 Å². The lowest BCUT2D eigenvalue weighted by Crippen LogP contribution is -2.42. The zero-order valence-corrected chi connectivity index (χ0v) is 7.79. The van der Waals surface area contributed by atoms with E-state index in [0.717, 1.165) is 0 Å². The first-order valence-corrected chi connectivity index (χ1v) is 4.14. The molecule has 0 heterocycles. The molecule has 68 valence electrons. The molecular weight excluding hydrogens is 164 g/mol. The first-order chi connectivity index (χ1) is 6.05. The van der Waals surface area contributed by atoms with Gasteiger partial charge in [0.2, 0.25) is 5.91 Å². The van der Waals surface area contributed by atoms with Gasteiger partial charge in [0.25, 0.3) is 0 Å². The first kappa shape index (κ1) is 9.53. The Morgan fingerprint density at radius 3 is 2.85 bits per heavy atom. The molecular formula is C10H12N2O. The number of amides is 1. The summed E-state index contributed by atoms with van der Waals surface area (Å²) in [6.45, 7) is 3.35. The third-order valence-electron chi connectivity index (χ3n) is 1.77. The molecule has 1 aliphatic rings. The summed E-state index contributed by atoms with van der Waals surface area (Å²) in [4.78, 5) is 11.4. The highest BCUT2D eigenvalue weighted by molar-refractivity contribution is 5.95. The van der Waals surface area contributed by atoms with Crippen LogP contribution in [-0.4, -0.2) is 11.4 Å². The van der Waals surface area contributed by atoms with Crippen LogP contribution in [0.1, 0.15) is 20.3 Å². The Bertz CT molecular complexity index is 318. The highest BCUT2D eigenvalue weighted by Gasteiger charge is 2.21. The molecule has 0 saturated heterocycles. The van der Waals surface area contributed by atoms with Crippen LogP contribution < -0.4 is 5.32 Å². The lowest BCUT2D eigenvalue weighted by atomic mass is 10.1. The lowest BCUT2D eigenvalue weighted by molar-refractivity contribution is -0.118. The van der Waals surface area contributed by atoms with Crippen LogP contribution in [0.15, 0.2) is 23.8 Å². The molecule has 0 aromatic carbocycles. The van der Waals surface area contributed by atoms with Crippen LogP contribution in [0.2, 0.25) is 0 Å².